The Morgan fingerprint density at radius 2 is 2.05 bits per heavy atom. The zero-order valence-electron chi connectivity index (χ0n) is 12.3. The Labute approximate surface area is 133 Å². The highest BCUT2D eigenvalue weighted by Crippen LogP contribution is 2.30. The van der Waals surface area contributed by atoms with Gasteiger partial charge in [-0.2, -0.15) is 0 Å². The van der Waals surface area contributed by atoms with E-state index >= 15 is 0 Å². The molecule has 4 nitrogen and oxygen atoms in total. The van der Waals surface area contributed by atoms with Crippen LogP contribution < -0.4 is 9.46 Å². The van der Waals surface area contributed by atoms with E-state index in [4.69, 9.17) is 16.3 Å². The third kappa shape index (κ3) is 4.75. The molecule has 0 unspecified atom stereocenters. The Balaban J connectivity index is 0.00000106. The molecule has 21 heavy (non-hydrogen) atoms. The smallest absolute Gasteiger partial charge is 0.228 e. The lowest BCUT2D eigenvalue weighted by Gasteiger charge is -2.09. The van der Waals surface area contributed by atoms with Crippen LogP contribution in [0.3, 0.4) is 0 Å². The molecule has 2 heterocycles. The molecule has 0 aliphatic rings. The molecule has 0 amide bonds. The summed E-state index contributed by atoms with van der Waals surface area (Å²) < 4.78 is 21.7. The van der Waals surface area contributed by atoms with E-state index in [1.165, 1.54) is 19.5 Å². The van der Waals surface area contributed by atoms with Crippen molar-refractivity contribution in [3.8, 4) is 5.88 Å². The summed E-state index contributed by atoms with van der Waals surface area (Å²) in [4.78, 5) is 8.60. The molecule has 0 atom stereocenters. The molecule has 0 bridgehead atoms. The van der Waals surface area contributed by atoms with E-state index in [1.54, 1.807) is 19.1 Å². The summed E-state index contributed by atoms with van der Waals surface area (Å²) in [6.45, 7) is 5.67. The number of nitrogens with one attached hydrogen (secondary N) is 1. The summed E-state index contributed by atoms with van der Waals surface area (Å²) in [5.41, 5.74) is 0.522. The van der Waals surface area contributed by atoms with Crippen LogP contribution in [-0.4, -0.2) is 17.1 Å². The highest BCUT2D eigenvalue weighted by atomic mass is 35.5. The predicted octanol–water partition coefficient (Wildman–Crippen LogP) is 4.73. The second kappa shape index (κ2) is 8.69. The fraction of sp³-hybridized carbons (Fsp3) is 0.286. The van der Waals surface area contributed by atoms with Crippen LogP contribution in [0.25, 0.3) is 0 Å². The lowest BCUT2D eigenvalue weighted by molar-refractivity contribution is 0.387. The number of rotatable bonds is 4. The van der Waals surface area contributed by atoms with Crippen molar-refractivity contribution in [1.29, 1.82) is 0 Å². The Hall–Kier alpha value is -1.53. The van der Waals surface area contributed by atoms with Crippen molar-refractivity contribution in [2.75, 3.05) is 11.8 Å². The van der Waals surface area contributed by atoms with Gasteiger partial charge < -0.3 is 9.46 Å². The van der Waals surface area contributed by atoms with Gasteiger partial charge in [0.15, 0.2) is 11.6 Å². The van der Waals surface area contributed by atoms with Crippen molar-refractivity contribution in [3.63, 3.8) is 0 Å². The number of methoxy groups -OCH3 is 1. The number of hydrogen-bond donors (Lipinski definition) is 1. The Bertz CT molecular complexity index is 598. The molecular formula is C14H17ClFN3OS. The lowest BCUT2D eigenvalue weighted by atomic mass is 10.3. The molecular weight excluding hydrogens is 313 g/mol. The van der Waals surface area contributed by atoms with Gasteiger partial charge in [-0.1, -0.05) is 25.4 Å². The maximum absolute atomic E-state index is 13.8. The number of aryl methyl sites for hydroxylation is 1. The zero-order chi connectivity index (χ0) is 15.8. The minimum absolute atomic E-state index is 0.159. The van der Waals surface area contributed by atoms with Crippen LogP contribution in [0, 0.1) is 12.7 Å². The number of nitrogens with zero attached hydrogens (tertiary/aromatic N) is 2. The second-order valence-electron chi connectivity index (χ2n) is 3.66. The number of halogens is 2. The molecule has 0 saturated carbocycles. The summed E-state index contributed by atoms with van der Waals surface area (Å²) in [6.07, 6.45) is 3.02. The van der Waals surface area contributed by atoms with Crippen LogP contribution in [0.4, 0.5) is 10.2 Å². The summed E-state index contributed by atoms with van der Waals surface area (Å²) in [6, 6.07) is 3.28. The van der Waals surface area contributed by atoms with Gasteiger partial charge in [-0.3, -0.25) is 0 Å². The lowest BCUT2D eigenvalue weighted by Crippen LogP contribution is -1.98. The Morgan fingerprint density at radius 1 is 1.33 bits per heavy atom. The molecule has 2 aromatic rings. The minimum Gasteiger partial charge on any atom is -0.480 e. The number of ether oxygens (including phenoxy) is 1. The Morgan fingerprint density at radius 3 is 2.71 bits per heavy atom. The number of aromatic nitrogens is 2. The van der Waals surface area contributed by atoms with Crippen LogP contribution in [0.2, 0.25) is 5.02 Å². The van der Waals surface area contributed by atoms with E-state index in [-0.39, 0.29) is 11.6 Å². The van der Waals surface area contributed by atoms with Gasteiger partial charge in [-0.15, -0.1) is 0 Å². The van der Waals surface area contributed by atoms with E-state index in [9.17, 15) is 4.39 Å². The van der Waals surface area contributed by atoms with Crippen molar-refractivity contribution >= 4 is 29.4 Å². The number of anilines is 1. The van der Waals surface area contributed by atoms with Crippen LogP contribution >= 0.6 is 23.5 Å². The molecule has 0 saturated heterocycles. The van der Waals surface area contributed by atoms with Gasteiger partial charge in [-0.25, -0.2) is 14.4 Å². The standard InChI is InChI=1S/C12H11ClFN3OS.C2H6/c1-7-3-4-15-11(10(7)14)17-19-9-5-8(13)6-16-12(9)18-2;1-2/h3-6H,1-2H3,(H,15,17);1-2H3. The van der Waals surface area contributed by atoms with Crippen molar-refractivity contribution in [2.45, 2.75) is 25.7 Å². The zero-order valence-corrected chi connectivity index (χ0v) is 13.8. The average molecular weight is 330 g/mol. The molecule has 0 fully saturated rings. The van der Waals surface area contributed by atoms with E-state index < -0.39 is 0 Å². The van der Waals surface area contributed by atoms with E-state index in [0.29, 0.717) is 21.4 Å². The van der Waals surface area contributed by atoms with Gasteiger partial charge in [0, 0.05) is 12.4 Å². The first-order valence-corrected chi connectivity index (χ1v) is 7.54. The first-order chi connectivity index (χ1) is 10.1. The number of pyridine rings is 2. The summed E-state index contributed by atoms with van der Waals surface area (Å²) in [7, 11) is 1.51. The highest BCUT2D eigenvalue weighted by Gasteiger charge is 2.10. The maximum Gasteiger partial charge on any atom is 0.228 e. The van der Waals surface area contributed by atoms with Gasteiger partial charge in [0.2, 0.25) is 5.88 Å². The molecule has 0 aliphatic carbocycles. The van der Waals surface area contributed by atoms with Crippen LogP contribution in [0.5, 0.6) is 5.88 Å². The minimum atomic E-state index is -0.385. The van der Waals surface area contributed by atoms with Crippen molar-refractivity contribution < 1.29 is 9.13 Å². The predicted molar refractivity (Wildman–Crippen MR) is 85.6 cm³/mol. The third-order valence-electron chi connectivity index (χ3n) is 2.32. The van der Waals surface area contributed by atoms with Crippen molar-refractivity contribution in [2.24, 2.45) is 0 Å². The monoisotopic (exact) mass is 329 g/mol. The van der Waals surface area contributed by atoms with Gasteiger partial charge in [0.1, 0.15) is 0 Å². The molecule has 114 valence electrons. The highest BCUT2D eigenvalue weighted by molar-refractivity contribution is 8.00. The van der Waals surface area contributed by atoms with Crippen molar-refractivity contribution in [3.05, 3.63) is 40.9 Å². The largest absolute Gasteiger partial charge is 0.480 e. The van der Waals surface area contributed by atoms with Gasteiger partial charge >= 0.3 is 0 Å². The van der Waals surface area contributed by atoms with Gasteiger partial charge in [0.25, 0.3) is 0 Å². The molecule has 0 aromatic carbocycles. The molecule has 2 aromatic heterocycles. The first kappa shape index (κ1) is 17.5. The molecule has 1 N–H and O–H groups in total. The topological polar surface area (TPSA) is 47.0 Å². The van der Waals surface area contributed by atoms with Gasteiger partial charge in [0.05, 0.1) is 17.0 Å². The quantitative estimate of drug-likeness (QED) is 0.821. The fourth-order valence-corrected chi connectivity index (χ4v) is 2.33. The second-order valence-corrected chi connectivity index (χ2v) is 4.94. The summed E-state index contributed by atoms with van der Waals surface area (Å²) >= 11 is 7.00. The van der Waals surface area contributed by atoms with Gasteiger partial charge in [-0.05, 0) is 36.6 Å². The molecule has 0 radical (unpaired) electrons. The van der Waals surface area contributed by atoms with Crippen LogP contribution in [0.1, 0.15) is 19.4 Å². The fourth-order valence-electron chi connectivity index (χ4n) is 1.35. The maximum atomic E-state index is 13.8. The normalized spacial score (nSPS) is 9.62. The third-order valence-corrected chi connectivity index (χ3v) is 3.33. The SMILES string of the molecule is CC.COc1ncc(Cl)cc1SNc1nccc(C)c1F. The molecule has 0 aliphatic heterocycles. The average Bonchev–Trinajstić information content (AvgIpc) is 2.51. The van der Waals surface area contributed by atoms with Crippen LogP contribution in [-0.2, 0) is 0 Å². The van der Waals surface area contributed by atoms with E-state index in [2.05, 4.69) is 14.7 Å². The summed E-state index contributed by atoms with van der Waals surface area (Å²) in [5, 5.41) is 0.475. The van der Waals surface area contributed by atoms with E-state index in [0.717, 1.165) is 11.9 Å². The van der Waals surface area contributed by atoms with Crippen molar-refractivity contribution in [1.82, 2.24) is 9.97 Å². The molecule has 2 rings (SSSR count). The van der Waals surface area contributed by atoms with Crippen LogP contribution in [0.15, 0.2) is 29.4 Å². The molecule has 7 heteroatoms. The molecule has 0 spiro atoms. The first-order valence-electron chi connectivity index (χ1n) is 6.35. The summed E-state index contributed by atoms with van der Waals surface area (Å²) in [5.74, 6) is 0.186. The van der Waals surface area contributed by atoms with E-state index in [1.807, 2.05) is 13.8 Å². The number of hydrogen-bond acceptors (Lipinski definition) is 5. The Kier molecular flexibility index (Phi) is 7.25.